The number of halogens is 2. The lowest BCUT2D eigenvalue weighted by Gasteiger charge is -2.18. The second kappa shape index (κ2) is 12.8. The van der Waals surface area contributed by atoms with Gasteiger partial charge in [0.1, 0.15) is 23.9 Å². The Balaban J connectivity index is 1.54. The van der Waals surface area contributed by atoms with Crippen molar-refractivity contribution in [3.63, 3.8) is 0 Å². The molecule has 0 saturated heterocycles. The van der Waals surface area contributed by atoms with Crippen molar-refractivity contribution < 1.29 is 19.0 Å². The molecule has 0 aliphatic heterocycles. The second-order valence-corrected chi connectivity index (χ2v) is 9.79. The lowest BCUT2D eigenvalue weighted by molar-refractivity contribution is -0.123. The van der Waals surface area contributed by atoms with E-state index in [9.17, 15) is 14.3 Å². The number of hydrogen-bond acceptors (Lipinski definition) is 4. The summed E-state index contributed by atoms with van der Waals surface area (Å²) in [6.07, 6.45) is 5.81. The first kappa shape index (κ1) is 27.4. The molecule has 0 radical (unpaired) electrons. The first-order valence-electron chi connectivity index (χ1n) is 12.7. The highest BCUT2D eigenvalue weighted by Crippen LogP contribution is 2.42. The average Bonchev–Trinajstić information content (AvgIpc) is 3.07. The first-order valence-corrected chi connectivity index (χ1v) is 13.0. The van der Waals surface area contributed by atoms with Crippen molar-refractivity contribution in [3.8, 4) is 11.5 Å². The van der Waals surface area contributed by atoms with Crippen molar-refractivity contribution in [1.29, 1.82) is 0 Å². The molecule has 0 saturated carbocycles. The molecule has 1 aliphatic carbocycles. The van der Waals surface area contributed by atoms with Crippen molar-refractivity contribution in [2.24, 2.45) is 0 Å². The number of fused-ring (bicyclic) bond motifs is 1. The minimum Gasteiger partial charge on any atom is -0.508 e. The normalized spacial score (nSPS) is 13.4. The Morgan fingerprint density at radius 1 is 1.08 bits per heavy atom. The van der Waals surface area contributed by atoms with E-state index in [-0.39, 0.29) is 17.5 Å². The van der Waals surface area contributed by atoms with Gasteiger partial charge in [-0.2, -0.15) is 0 Å². The number of phenolic OH excluding ortho intramolecular Hbond substituents is 1. The summed E-state index contributed by atoms with van der Waals surface area (Å²) in [4.78, 5) is 13.1. The number of carbonyl (C=O) groups is 1. The molecular weight excluding hydrogens is 503 g/mol. The summed E-state index contributed by atoms with van der Waals surface area (Å²) in [5.41, 5.74) is 6.00. The molecule has 1 amide bonds. The highest BCUT2D eigenvalue weighted by Gasteiger charge is 2.22. The van der Waals surface area contributed by atoms with Crippen molar-refractivity contribution in [2.75, 3.05) is 33.8 Å². The summed E-state index contributed by atoms with van der Waals surface area (Å²) < 4.78 is 19.7. The van der Waals surface area contributed by atoms with E-state index < -0.39 is 0 Å². The fourth-order valence-corrected chi connectivity index (χ4v) is 4.84. The van der Waals surface area contributed by atoms with Gasteiger partial charge in [-0.1, -0.05) is 41.9 Å². The van der Waals surface area contributed by atoms with Gasteiger partial charge in [0.05, 0.1) is 5.02 Å². The number of rotatable bonds is 9. The average molecular weight is 535 g/mol. The predicted molar refractivity (Wildman–Crippen MR) is 151 cm³/mol. The summed E-state index contributed by atoms with van der Waals surface area (Å²) in [5.74, 6) is 0.573. The molecule has 0 aromatic heterocycles. The number of nitrogens with zero attached hydrogens (tertiary/aromatic N) is 1. The van der Waals surface area contributed by atoms with Crippen LogP contribution in [0, 0.1) is 5.82 Å². The van der Waals surface area contributed by atoms with Crippen molar-refractivity contribution in [1.82, 2.24) is 10.2 Å². The number of likely N-dealkylation sites (N-methyl/N-ethyl adjacent to an activating group) is 1. The van der Waals surface area contributed by atoms with Crippen LogP contribution in [0.4, 0.5) is 4.39 Å². The Kier molecular flexibility index (Phi) is 9.21. The standard InChI is InChI=1S/C31H32ClFN2O3/c1-35(2)30(37)7-4-16-34-17-18-38-25-12-8-21(9-13-25)31-26-15-11-24(36)19-22(26)5-3-6-28(31)27-14-10-23(33)20-29(27)32/h4,7-15,19-20,34,36H,3,5-6,16-18H2,1-2H3/b7-4+. The molecule has 3 aromatic rings. The maximum atomic E-state index is 13.8. The summed E-state index contributed by atoms with van der Waals surface area (Å²) >= 11 is 6.52. The molecule has 3 aromatic carbocycles. The van der Waals surface area contributed by atoms with Crippen LogP contribution in [0.3, 0.4) is 0 Å². The van der Waals surface area contributed by atoms with E-state index in [2.05, 4.69) is 5.32 Å². The molecule has 198 valence electrons. The number of phenols is 1. The first-order chi connectivity index (χ1) is 18.3. The minimum atomic E-state index is -0.367. The molecule has 0 atom stereocenters. The molecule has 0 unspecified atom stereocenters. The van der Waals surface area contributed by atoms with Crippen LogP contribution in [0.5, 0.6) is 11.5 Å². The number of carbonyl (C=O) groups excluding carboxylic acids is 1. The number of aromatic hydroxyl groups is 1. The number of aryl methyl sites for hydroxylation is 1. The molecule has 5 nitrogen and oxygen atoms in total. The highest BCUT2D eigenvalue weighted by atomic mass is 35.5. The highest BCUT2D eigenvalue weighted by molar-refractivity contribution is 6.32. The van der Waals surface area contributed by atoms with Crippen LogP contribution in [0.2, 0.25) is 5.02 Å². The number of benzene rings is 3. The Morgan fingerprint density at radius 2 is 1.84 bits per heavy atom. The fourth-order valence-electron chi connectivity index (χ4n) is 4.56. The van der Waals surface area contributed by atoms with Crippen LogP contribution in [-0.2, 0) is 11.2 Å². The van der Waals surface area contributed by atoms with E-state index in [1.54, 1.807) is 38.4 Å². The van der Waals surface area contributed by atoms with E-state index in [1.165, 1.54) is 17.0 Å². The fraction of sp³-hybridized carbons (Fsp3) is 0.258. The smallest absolute Gasteiger partial charge is 0.245 e. The Bertz CT molecular complexity index is 1350. The van der Waals surface area contributed by atoms with Crippen LogP contribution in [0.15, 0.2) is 72.8 Å². The zero-order valence-electron chi connectivity index (χ0n) is 21.6. The topological polar surface area (TPSA) is 61.8 Å². The maximum Gasteiger partial charge on any atom is 0.245 e. The van der Waals surface area contributed by atoms with Crippen LogP contribution < -0.4 is 10.1 Å². The number of hydrogen-bond donors (Lipinski definition) is 2. The van der Waals surface area contributed by atoms with E-state index >= 15 is 0 Å². The Morgan fingerprint density at radius 3 is 2.58 bits per heavy atom. The number of allylic oxidation sites excluding steroid dienone is 1. The van der Waals surface area contributed by atoms with Crippen molar-refractivity contribution in [2.45, 2.75) is 19.3 Å². The van der Waals surface area contributed by atoms with E-state index in [0.29, 0.717) is 24.7 Å². The van der Waals surface area contributed by atoms with Gasteiger partial charge < -0.3 is 20.1 Å². The summed E-state index contributed by atoms with van der Waals surface area (Å²) in [5, 5.41) is 13.7. The van der Waals surface area contributed by atoms with Crippen molar-refractivity contribution in [3.05, 3.63) is 106 Å². The van der Waals surface area contributed by atoms with Gasteiger partial charge in [-0.25, -0.2) is 4.39 Å². The molecule has 0 spiro atoms. The van der Waals surface area contributed by atoms with E-state index in [4.69, 9.17) is 16.3 Å². The van der Waals surface area contributed by atoms with Gasteiger partial charge >= 0.3 is 0 Å². The summed E-state index contributed by atoms with van der Waals surface area (Å²) in [7, 11) is 3.43. The quantitative estimate of drug-likeness (QED) is 0.257. The van der Waals surface area contributed by atoms with E-state index in [0.717, 1.165) is 58.4 Å². The third-order valence-corrected chi connectivity index (χ3v) is 6.76. The molecule has 7 heteroatoms. The van der Waals surface area contributed by atoms with Gasteiger partial charge in [0.15, 0.2) is 0 Å². The van der Waals surface area contributed by atoms with Gasteiger partial charge in [-0.05, 0) is 89.1 Å². The summed E-state index contributed by atoms with van der Waals surface area (Å²) in [6.45, 7) is 1.70. The number of nitrogens with one attached hydrogen (secondary N) is 1. The predicted octanol–water partition coefficient (Wildman–Crippen LogP) is 6.09. The SMILES string of the molecule is CN(C)C(=O)/C=C/CNCCOc1ccc(C2=C(c3ccc(F)cc3Cl)CCCc3cc(O)ccc32)cc1. The van der Waals surface area contributed by atoms with Gasteiger partial charge in [0, 0.05) is 33.3 Å². The van der Waals surface area contributed by atoms with Gasteiger partial charge in [0.25, 0.3) is 0 Å². The second-order valence-electron chi connectivity index (χ2n) is 9.38. The van der Waals surface area contributed by atoms with Crippen molar-refractivity contribution >= 4 is 28.7 Å². The van der Waals surface area contributed by atoms with E-state index in [1.807, 2.05) is 36.4 Å². The van der Waals surface area contributed by atoms with Crippen LogP contribution >= 0.6 is 11.6 Å². The van der Waals surface area contributed by atoms with Gasteiger partial charge in [0.2, 0.25) is 5.91 Å². The van der Waals surface area contributed by atoms with Crippen LogP contribution in [0.1, 0.15) is 35.1 Å². The largest absolute Gasteiger partial charge is 0.508 e. The molecule has 38 heavy (non-hydrogen) atoms. The monoisotopic (exact) mass is 534 g/mol. The molecule has 0 bridgehead atoms. The van der Waals surface area contributed by atoms with Gasteiger partial charge in [-0.3, -0.25) is 4.79 Å². The third-order valence-electron chi connectivity index (χ3n) is 6.44. The number of amides is 1. The molecule has 0 fully saturated rings. The molecule has 0 heterocycles. The van der Waals surface area contributed by atoms with Crippen LogP contribution in [0.25, 0.3) is 11.1 Å². The lowest BCUT2D eigenvalue weighted by Crippen LogP contribution is -2.22. The molecular formula is C31H32ClFN2O3. The Hall–Kier alpha value is -3.61. The van der Waals surface area contributed by atoms with Gasteiger partial charge in [-0.15, -0.1) is 0 Å². The molecule has 1 aliphatic rings. The maximum absolute atomic E-state index is 13.8. The summed E-state index contributed by atoms with van der Waals surface area (Å²) in [6, 6.07) is 17.9. The lowest BCUT2D eigenvalue weighted by atomic mass is 9.87. The zero-order chi connectivity index (χ0) is 27.1. The number of ether oxygens (including phenoxy) is 1. The Labute approximate surface area is 228 Å². The molecule has 4 rings (SSSR count). The zero-order valence-corrected chi connectivity index (χ0v) is 22.4. The van der Waals surface area contributed by atoms with Crippen LogP contribution in [-0.4, -0.2) is 49.7 Å². The molecule has 2 N–H and O–H groups in total. The minimum absolute atomic E-state index is 0.0452. The third kappa shape index (κ3) is 6.82.